The molecule has 1 saturated heterocycles. The molecule has 2 heterocycles. The molecule has 3 nitrogen and oxygen atoms in total. The standard InChI is InChI=1S/C8H9F3N2O/c9-8(10,11)6-4-13-14-7(6)5-1-2-12-3-5/h4-5,12H,1-3H2. The van der Waals surface area contributed by atoms with Crippen molar-refractivity contribution in [3.63, 3.8) is 0 Å². The normalized spacial score (nSPS) is 22.9. The van der Waals surface area contributed by atoms with Crippen molar-refractivity contribution in [2.75, 3.05) is 13.1 Å². The average molecular weight is 206 g/mol. The van der Waals surface area contributed by atoms with Crippen LogP contribution < -0.4 is 5.32 Å². The lowest BCUT2D eigenvalue weighted by Crippen LogP contribution is -2.12. The first-order valence-electron chi connectivity index (χ1n) is 4.31. The van der Waals surface area contributed by atoms with Gasteiger partial charge in [0.25, 0.3) is 0 Å². The Morgan fingerprint density at radius 2 is 2.29 bits per heavy atom. The van der Waals surface area contributed by atoms with Crippen molar-refractivity contribution in [3.8, 4) is 0 Å². The molecule has 1 aliphatic heterocycles. The van der Waals surface area contributed by atoms with Crippen LogP contribution in [0.2, 0.25) is 0 Å². The molecule has 2 rings (SSSR count). The van der Waals surface area contributed by atoms with Gasteiger partial charge in [0.2, 0.25) is 0 Å². The maximum Gasteiger partial charge on any atom is 0.421 e. The Kier molecular flexibility index (Phi) is 2.22. The highest BCUT2D eigenvalue weighted by molar-refractivity contribution is 5.22. The molecule has 1 fully saturated rings. The van der Waals surface area contributed by atoms with Gasteiger partial charge in [0.05, 0.1) is 6.20 Å². The summed E-state index contributed by atoms with van der Waals surface area (Å²) in [5, 5.41) is 6.19. The van der Waals surface area contributed by atoms with Crippen molar-refractivity contribution in [3.05, 3.63) is 17.5 Å². The van der Waals surface area contributed by atoms with E-state index in [1.165, 1.54) is 0 Å². The third-order valence-corrected chi connectivity index (χ3v) is 2.33. The SMILES string of the molecule is FC(F)(F)c1cnoc1C1CCNC1. The van der Waals surface area contributed by atoms with Gasteiger partial charge >= 0.3 is 6.18 Å². The molecule has 0 aliphatic carbocycles. The summed E-state index contributed by atoms with van der Waals surface area (Å²) in [6.07, 6.45) is -2.95. The van der Waals surface area contributed by atoms with Crippen molar-refractivity contribution >= 4 is 0 Å². The van der Waals surface area contributed by atoms with Gasteiger partial charge in [0.1, 0.15) is 5.56 Å². The molecule has 14 heavy (non-hydrogen) atoms. The maximum absolute atomic E-state index is 12.4. The zero-order valence-corrected chi connectivity index (χ0v) is 7.27. The van der Waals surface area contributed by atoms with E-state index in [1.54, 1.807) is 0 Å². The van der Waals surface area contributed by atoms with E-state index in [0.717, 1.165) is 12.7 Å². The summed E-state index contributed by atoms with van der Waals surface area (Å²) < 4.78 is 41.9. The lowest BCUT2D eigenvalue weighted by molar-refractivity contribution is -0.138. The van der Waals surface area contributed by atoms with Crippen LogP contribution in [0.3, 0.4) is 0 Å². The van der Waals surface area contributed by atoms with E-state index in [1.807, 2.05) is 0 Å². The van der Waals surface area contributed by atoms with Crippen molar-refractivity contribution in [1.29, 1.82) is 0 Å². The second kappa shape index (κ2) is 3.27. The molecule has 0 aromatic carbocycles. The van der Waals surface area contributed by atoms with Gasteiger partial charge in [-0.1, -0.05) is 5.16 Å². The van der Waals surface area contributed by atoms with E-state index in [-0.39, 0.29) is 11.7 Å². The van der Waals surface area contributed by atoms with Crippen LogP contribution in [0.25, 0.3) is 0 Å². The monoisotopic (exact) mass is 206 g/mol. The van der Waals surface area contributed by atoms with E-state index < -0.39 is 11.7 Å². The summed E-state index contributed by atoms with van der Waals surface area (Å²) in [7, 11) is 0. The van der Waals surface area contributed by atoms with Gasteiger partial charge in [-0.15, -0.1) is 0 Å². The smallest absolute Gasteiger partial charge is 0.360 e. The first-order chi connectivity index (χ1) is 6.59. The molecule has 6 heteroatoms. The quantitative estimate of drug-likeness (QED) is 0.760. The fourth-order valence-corrected chi connectivity index (χ4v) is 1.63. The van der Waals surface area contributed by atoms with Gasteiger partial charge in [-0.2, -0.15) is 13.2 Å². The Morgan fingerprint density at radius 1 is 1.50 bits per heavy atom. The van der Waals surface area contributed by atoms with Crippen LogP contribution in [-0.2, 0) is 6.18 Å². The van der Waals surface area contributed by atoms with E-state index in [2.05, 4.69) is 15.0 Å². The molecule has 0 saturated carbocycles. The zero-order chi connectivity index (χ0) is 10.2. The summed E-state index contributed by atoms with van der Waals surface area (Å²) in [6.45, 7) is 1.25. The molecule has 78 valence electrons. The van der Waals surface area contributed by atoms with Crippen molar-refractivity contribution in [2.45, 2.75) is 18.5 Å². The summed E-state index contributed by atoms with van der Waals surface area (Å²) in [5.41, 5.74) is -0.744. The number of aromatic nitrogens is 1. The minimum absolute atomic E-state index is 0.0394. The summed E-state index contributed by atoms with van der Waals surface area (Å²) in [5.74, 6) is -0.239. The highest BCUT2D eigenvalue weighted by Crippen LogP contribution is 2.36. The topological polar surface area (TPSA) is 38.1 Å². The first-order valence-corrected chi connectivity index (χ1v) is 4.31. The Bertz CT molecular complexity index is 315. The second-order valence-corrected chi connectivity index (χ2v) is 3.29. The molecule has 1 unspecified atom stereocenters. The lowest BCUT2D eigenvalue weighted by atomic mass is 10.0. The third-order valence-electron chi connectivity index (χ3n) is 2.33. The van der Waals surface area contributed by atoms with Crippen molar-refractivity contribution < 1.29 is 17.7 Å². The van der Waals surface area contributed by atoms with Crippen LogP contribution in [0, 0.1) is 0 Å². The maximum atomic E-state index is 12.4. The molecule has 1 aromatic rings. The molecular formula is C8H9F3N2O. The van der Waals surface area contributed by atoms with E-state index >= 15 is 0 Å². The first kappa shape index (κ1) is 9.51. The van der Waals surface area contributed by atoms with Crippen LogP contribution in [0.4, 0.5) is 13.2 Å². The number of halogens is 3. The van der Waals surface area contributed by atoms with Crippen LogP contribution in [0.5, 0.6) is 0 Å². The van der Waals surface area contributed by atoms with Gasteiger partial charge < -0.3 is 9.84 Å². The number of nitrogens with one attached hydrogen (secondary N) is 1. The van der Waals surface area contributed by atoms with Crippen molar-refractivity contribution in [1.82, 2.24) is 10.5 Å². The molecule has 0 bridgehead atoms. The predicted octanol–water partition coefficient (Wildman–Crippen LogP) is 1.77. The molecule has 1 aromatic heterocycles. The van der Waals surface area contributed by atoms with Gasteiger partial charge in [-0.05, 0) is 13.0 Å². The van der Waals surface area contributed by atoms with Gasteiger partial charge in [0.15, 0.2) is 5.76 Å². The average Bonchev–Trinajstić information content (AvgIpc) is 2.73. The Balaban J connectivity index is 2.29. The number of hydrogen-bond acceptors (Lipinski definition) is 3. The third kappa shape index (κ3) is 1.61. The number of rotatable bonds is 1. The van der Waals surface area contributed by atoms with Crippen LogP contribution in [-0.4, -0.2) is 18.2 Å². The zero-order valence-electron chi connectivity index (χ0n) is 7.27. The van der Waals surface area contributed by atoms with Crippen molar-refractivity contribution in [2.24, 2.45) is 0 Å². The minimum Gasteiger partial charge on any atom is -0.360 e. The molecule has 0 amide bonds. The van der Waals surface area contributed by atoms with Crippen LogP contribution in [0.1, 0.15) is 23.7 Å². The Labute approximate surface area is 78.3 Å². The van der Waals surface area contributed by atoms with E-state index in [4.69, 9.17) is 0 Å². The van der Waals surface area contributed by atoms with Crippen LogP contribution >= 0.6 is 0 Å². The fraction of sp³-hybridized carbons (Fsp3) is 0.625. The highest BCUT2D eigenvalue weighted by Gasteiger charge is 2.39. The number of hydrogen-bond donors (Lipinski definition) is 1. The van der Waals surface area contributed by atoms with Gasteiger partial charge in [-0.3, -0.25) is 0 Å². The van der Waals surface area contributed by atoms with E-state index in [0.29, 0.717) is 13.0 Å². The lowest BCUT2D eigenvalue weighted by Gasteiger charge is -2.08. The van der Waals surface area contributed by atoms with Gasteiger partial charge in [0, 0.05) is 12.5 Å². The molecule has 0 radical (unpaired) electrons. The van der Waals surface area contributed by atoms with Crippen LogP contribution in [0.15, 0.2) is 10.7 Å². The minimum atomic E-state index is -4.36. The Hall–Kier alpha value is -1.04. The summed E-state index contributed by atoms with van der Waals surface area (Å²) >= 11 is 0. The number of alkyl halides is 3. The number of nitrogens with zero attached hydrogens (tertiary/aromatic N) is 1. The van der Waals surface area contributed by atoms with Gasteiger partial charge in [-0.25, -0.2) is 0 Å². The highest BCUT2D eigenvalue weighted by atomic mass is 19.4. The summed E-state index contributed by atoms with van der Waals surface area (Å²) in [6, 6.07) is 0. The predicted molar refractivity (Wildman–Crippen MR) is 41.7 cm³/mol. The Morgan fingerprint density at radius 3 is 2.86 bits per heavy atom. The molecule has 0 spiro atoms. The molecular weight excluding hydrogens is 197 g/mol. The summed E-state index contributed by atoms with van der Waals surface area (Å²) in [4.78, 5) is 0. The van der Waals surface area contributed by atoms with E-state index in [9.17, 15) is 13.2 Å². The molecule has 1 atom stereocenters. The molecule has 1 aliphatic rings. The fourth-order valence-electron chi connectivity index (χ4n) is 1.63. The second-order valence-electron chi connectivity index (χ2n) is 3.29. The largest absolute Gasteiger partial charge is 0.421 e. The molecule has 1 N–H and O–H groups in total.